The molecule has 1 N–H and O–H groups in total. The third-order valence-corrected chi connectivity index (χ3v) is 2.99. The first-order chi connectivity index (χ1) is 7.27. The van der Waals surface area contributed by atoms with Gasteiger partial charge in [-0.15, -0.1) is 0 Å². The minimum Gasteiger partial charge on any atom is -0.457 e. The van der Waals surface area contributed by atoms with Gasteiger partial charge in [-0.2, -0.15) is 0 Å². The van der Waals surface area contributed by atoms with Crippen LogP contribution in [0.2, 0.25) is 0 Å². The highest BCUT2D eigenvalue weighted by Gasteiger charge is 2.18. The highest BCUT2D eigenvalue weighted by Crippen LogP contribution is 2.17. The lowest BCUT2D eigenvalue weighted by atomic mass is 10.2. The number of hydrogen-bond donors (Lipinski definition) is 1. The SMILES string of the molecule is O=C(NCC1CCCO1)c1ccoc1Br. The summed E-state index contributed by atoms with van der Waals surface area (Å²) >= 11 is 3.16. The van der Waals surface area contributed by atoms with Crippen LogP contribution in [0.4, 0.5) is 0 Å². The van der Waals surface area contributed by atoms with Crippen molar-refractivity contribution in [3.05, 3.63) is 22.6 Å². The van der Waals surface area contributed by atoms with Crippen molar-refractivity contribution in [3.63, 3.8) is 0 Å². The number of carbonyl (C=O) groups is 1. The second-order valence-corrected chi connectivity index (χ2v) is 4.17. The summed E-state index contributed by atoms with van der Waals surface area (Å²) < 4.78 is 10.8. The molecule has 2 rings (SSSR count). The number of hydrogen-bond acceptors (Lipinski definition) is 3. The summed E-state index contributed by atoms with van der Waals surface area (Å²) in [5, 5.41) is 2.81. The number of carbonyl (C=O) groups excluding carboxylic acids is 1. The lowest BCUT2D eigenvalue weighted by molar-refractivity contribution is 0.0856. The summed E-state index contributed by atoms with van der Waals surface area (Å²) in [4.78, 5) is 11.6. The Hall–Kier alpha value is -0.810. The first-order valence-corrected chi connectivity index (χ1v) is 5.69. The van der Waals surface area contributed by atoms with E-state index in [9.17, 15) is 4.79 Å². The first kappa shape index (κ1) is 10.7. The van der Waals surface area contributed by atoms with E-state index < -0.39 is 0 Å². The Bertz CT molecular complexity index is 344. The van der Waals surface area contributed by atoms with Gasteiger partial charge < -0.3 is 14.5 Å². The van der Waals surface area contributed by atoms with E-state index in [1.54, 1.807) is 6.07 Å². The standard InChI is InChI=1S/C10H12BrNO3/c11-9-8(3-5-15-9)10(13)12-6-7-2-1-4-14-7/h3,5,7H,1-2,4,6H2,(H,12,13). The number of furan rings is 1. The van der Waals surface area contributed by atoms with E-state index >= 15 is 0 Å². The van der Waals surface area contributed by atoms with Crippen LogP contribution < -0.4 is 5.32 Å². The van der Waals surface area contributed by atoms with Crippen molar-refractivity contribution in [2.75, 3.05) is 13.2 Å². The topological polar surface area (TPSA) is 51.5 Å². The summed E-state index contributed by atoms with van der Waals surface area (Å²) in [5.41, 5.74) is 0.521. The Morgan fingerprint density at radius 3 is 3.13 bits per heavy atom. The molecule has 1 aliphatic rings. The largest absolute Gasteiger partial charge is 0.457 e. The van der Waals surface area contributed by atoms with Gasteiger partial charge in [0.2, 0.25) is 0 Å². The molecule has 1 saturated heterocycles. The molecule has 1 aromatic rings. The second-order valence-electron chi connectivity index (χ2n) is 3.45. The third kappa shape index (κ3) is 2.60. The van der Waals surface area contributed by atoms with Crippen LogP contribution in [0.15, 0.2) is 21.4 Å². The average Bonchev–Trinajstić information content (AvgIpc) is 2.84. The van der Waals surface area contributed by atoms with Crippen molar-refractivity contribution in [1.82, 2.24) is 5.32 Å². The van der Waals surface area contributed by atoms with E-state index in [1.165, 1.54) is 6.26 Å². The molecule has 0 bridgehead atoms. The van der Waals surface area contributed by atoms with Gasteiger partial charge in [-0.25, -0.2) is 0 Å². The van der Waals surface area contributed by atoms with Gasteiger partial charge in [0.1, 0.15) is 0 Å². The normalized spacial score (nSPS) is 20.5. The maximum Gasteiger partial charge on any atom is 0.255 e. The lowest BCUT2D eigenvalue weighted by Gasteiger charge is -2.09. The minimum absolute atomic E-state index is 0.133. The monoisotopic (exact) mass is 273 g/mol. The highest BCUT2D eigenvalue weighted by atomic mass is 79.9. The van der Waals surface area contributed by atoms with E-state index in [-0.39, 0.29) is 12.0 Å². The Balaban J connectivity index is 1.84. The molecule has 1 aromatic heterocycles. The summed E-state index contributed by atoms with van der Waals surface area (Å²) in [6, 6.07) is 1.63. The Labute approximate surface area is 96.1 Å². The molecule has 0 saturated carbocycles. The molecule has 1 amide bonds. The highest BCUT2D eigenvalue weighted by molar-refractivity contribution is 9.10. The van der Waals surface area contributed by atoms with Gasteiger partial charge in [-0.1, -0.05) is 0 Å². The number of amides is 1. The number of ether oxygens (including phenoxy) is 1. The first-order valence-electron chi connectivity index (χ1n) is 4.90. The molecule has 1 unspecified atom stereocenters. The fourth-order valence-corrected chi connectivity index (χ4v) is 1.98. The number of rotatable bonds is 3. The van der Waals surface area contributed by atoms with E-state index in [0.29, 0.717) is 16.8 Å². The number of nitrogens with one attached hydrogen (secondary N) is 1. The van der Waals surface area contributed by atoms with Gasteiger partial charge in [0.15, 0.2) is 4.67 Å². The van der Waals surface area contributed by atoms with Gasteiger partial charge in [-0.3, -0.25) is 4.79 Å². The molecule has 0 aliphatic carbocycles. The van der Waals surface area contributed by atoms with Crippen LogP contribution in [-0.4, -0.2) is 25.2 Å². The summed E-state index contributed by atoms with van der Waals surface area (Å²) in [7, 11) is 0. The Morgan fingerprint density at radius 2 is 2.53 bits per heavy atom. The maximum absolute atomic E-state index is 11.6. The molecule has 5 heteroatoms. The van der Waals surface area contributed by atoms with Gasteiger partial charge >= 0.3 is 0 Å². The summed E-state index contributed by atoms with van der Waals surface area (Å²) in [6.07, 6.45) is 3.74. The summed E-state index contributed by atoms with van der Waals surface area (Å²) in [6.45, 7) is 1.37. The third-order valence-electron chi connectivity index (χ3n) is 2.38. The van der Waals surface area contributed by atoms with Crippen molar-refractivity contribution in [3.8, 4) is 0 Å². The molecule has 0 aromatic carbocycles. The predicted octanol–water partition coefficient (Wildman–Crippen LogP) is 1.95. The van der Waals surface area contributed by atoms with E-state index in [2.05, 4.69) is 21.2 Å². The smallest absolute Gasteiger partial charge is 0.255 e. The van der Waals surface area contributed by atoms with Crippen LogP contribution in [0.1, 0.15) is 23.2 Å². The van der Waals surface area contributed by atoms with Crippen LogP contribution in [-0.2, 0) is 4.74 Å². The average molecular weight is 274 g/mol. The van der Waals surface area contributed by atoms with Crippen molar-refractivity contribution in [2.24, 2.45) is 0 Å². The zero-order valence-corrected chi connectivity index (χ0v) is 9.75. The fraction of sp³-hybridized carbons (Fsp3) is 0.500. The maximum atomic E-state index is 11.6. The van der Waals surface area contributed by atoms with Crippen LogP contribution in [0.25, 0.3) is 0 Å². The van der Waals surface area contributed by atoms with Crippen LogP contribution >= 0.6 is 15.9 Å². The zero-order valence-electron chi connectivity index (χ0n) is 8.16. The molecular weight excluding hydrogens is 262 g/mol. The Morgan fingerprint density at radius 1 is 1.67 bits per heavy atom. The molecule has 82 valence electrons. The molecule has 0 spiro atoms. The molecule has 0 radical (unpaired) electrons. The molecule has 2 heterocycles. The Kier molecular flexibility index (Phi) is 3.43. The van der Waals surface area contributed by atoms with Crippen LogP contribution in [0.3, 0.4) is 0 Å². The van der Waals surface area contributed by atoms with Crippen molar-refractivity contribution >= 4 is 21.8 Å². The molecular formula is C10H12BrNO3. The zero-order chi connectivity index (χ0) is 10.7. The van der Waals surface area contributed by atoms with E-state index in [0.717, 1.165) is 19.4 Å². The van der Waals surface area contributed by atoms with E-state index in [4.69, 9.17) is 9.15 Å². The van der Waals surface area contributed by atoms with Crippen molar-refractivity contribution < 1.29 is 13.9 Å². The van der Waals surface area contributed by atoms with Gasteiger partial charge in [-0.05, 0) is 34.8 Å². The quantitative estimate of drug-likeness (QED) is 0.916. The van der Waals surface area contributed by atoms with Gasteiger partial charge in [0, 0.05) is 13.2 Å². The molecule has 4 nitrogen and oxygen atoms in total. The molecule has 1 aliphatic heterocycles. The van der Waals surface area contributed by atoms with Crippen LogP contribution in [0, 0.1) is 0 Å². The summed E-state index contributed by atoms with van der Waals surface area (Å²) in [5.74, 6) is -0.133. The van der Waals surface area contributed by atoms with Gasteiger partial charge in [0.05, 0.1) is 17.9 Å². The molecule has 1 atom stereocenters. The van der Waals surface area contributed by atoms with Crippen molar-refractivity contribution in [2.45, 2.75) is 18.9 Å². The minimum atomic E-state index is -0.133. The van der Waals surface area contributed by atoms with Crippen LogP contribution in [0.5, 0.6) is 0 Å². The van der Waals surface area contributed by atoms with E-state index in [1.807, 2.05) is 0 Å². The molecule has 15 heavy (non-hydrogen) atoms. The van der Waals surface area contributed by atoms with Gasteiger partial charge in [0.25, 0.3) is 5.91 Å². The fourth-order valence-electron chi connectivity index (χ4n) is 1.56. The second kappa shape index (κ2) is 4.81. The number of halogens is 1. The lowest BCUT2D eigenvalue weighted by Crippen LogP contribution is -2.31. The predicted molar refractivity (Wildman–Crippen MR) is 57.7 cm³/mol. The molecule has 1 fully saturated rings. The van der Waals surface area contributed by atoms with Crippen molar-refractivity contribution in [1.29, 1.82) is 0 Å².